The van der Waals surface area contributed by atoms with Gasteiger partial charge in [-0.3, -0.25) is 9.24 Å². The number of para-hydroxylation sites is 1. The van der Waals surface area contributed by atoms with Crippen LogP contribution in [0.4, 0.5) is 5.69 Å². The van der Waals surface area contributed by atoms with E-state index in [1.165, 1.54) is 19.3 Å². The number of hydrogen-bond acceptors (Lipinski definition) is 3. The van der Waals surface area contributed by atoms with Crippen LogP contribution in [0.3, 0.4) is 0 Å². The summed E-state index contributed by atoms with van der Waals surface area (Å²) in [6.07, 6.45) is 6.40. The van der Waals surface area contributed by atoms with Crippen molar-refractivity contribution < 1.29 is 0 Å². The summed E-state index contributed by atoms with van der Waals surface area (Å²) >= 11 is 0. The van der Waals surface area contributed by atoms with E-state index < -0.39 is 16.5 Å². The van der Waals surface area contributed by atoms with Crippen molar-refractivity contribution in [1.82, 2.24) is 9.24 Å². The quantitative estimate of drug-likeness (QED) is 0.213. The third-order valence-corrected chi connectivity index (χ3v) is 20.0. The standard InChI is InChI=1S/C39H58N3PSi/c1-11-35-36(12-2)44(32-17-14-13-15-18-32)41(29(9)10)24-23-40(28(7)8)43(35)39-31-22-21-30(25-31)37(39)42(44)38-33(26(3)4)19-16-20-34(38)27(5)6/h13-20,26-31H,11-12,21-25H2,1-10H3/t30-,31+,43?,44?/m1/s1. The maximum absolute atomic E-state index is 3.20. The molecule has 6 rings (SSSR count). The van der Waals surface area contributed by atoms with Crippen LogP contribution in [-0.2, 0) is 0 Å². The maximum atomic E-state index is 3.20. The summed E-state index contributed by atoms with van der Waals surface area (Å²) in [5, 5.41) is 7.12. The van der Waals surface area contributed by atoms with Crippen molar-refractivity contribution in [2.45, 2.75) is 125 Å². The van der Waals surface area contributed by atoms with Gasteiger partial charge in [0.25, 0.3) is 0 Å². The second kappa shape index (κ2) is 12.5. The summed E-state index contributed by atoms with van der Waals surface area (Å²) in [5.74, 6) is 2.33. The van der Waals surface area contributed by atoms with Gasteiger partial charge in [0.1, 0.15) is 0 Å². The van der Waals surface area contributed by atoms with Crippen LogP contribution in [0.2, 0.25) is 0 Å². The van der Waals surface area contributed by atoms with Crippen LogP contribution in [0.1, 0.15) is 124 Å². The Hall–Kier alpha value is -1.71. The predicted molar refractivity (Wildman–Crippen MR) is 195 cm³/mol. The zero-order chi connectivity index (χ0) is 31.5. The van der Waals surface area contributed by atoms with Gasteiger partial charge in [0, 0.05) is 38.6 Å². The summed E-state index contributed by atoms with van der Waals surface area (Å²) in [4.78, 5) is 0. The van der Waals surface area contributed by atoms with Crippen LogP contribution in [0.25, 0.3) is 0 Å². The SMILES string of the molecule is CCC1=C(CC)[Si]2(c3ccccc3)N(c3c(C(C)C)cccc3C(C)C)C3=C([C@H]4CC[C@@H]3C4)P1N(C(C)C)CCN2C(C)C. The second-order valence-corrected chi connectivity index (χ2v) is 20.6. The van der Waals surface area contributed by atoms with Crippen LogP contribution in [0.15, 0.2) is 70.1 Å². The lowest BCUT2D eigenvalue weighted by atomic mass is 9.91. The molecule has 0 aromatic heterocycles. The topological polar surface area (TPSA) is 9.72 Å². The Morgan fingerprint density at radius 1 is 0.750 bits per heavy atom. The third kappa shape index (κ3) is 4.76. The molecule has 4 bridgehead atoms. The van der Waals surface area contributed by atoms with E-state index in [1.54, 1.807) is 27.7 Å². The van der Waals surface area contributed by atoms with Gasteiger partial charge in [-0.15, -0.1) is 0 Å². The lowest BCUT2D eigenvalue weighted by Gasteiger charge is -2.56. The van der Waals surface area contributed by atoms with Crippen LogP contribution in [0, 0.1) is 11.8 Å². The summed E-state index contributed by atoms with van der Waals surface area (Å²) in [6.45, 7) is 27.0. The highest BCUT2D eigenvalue weighted by Gasteiger charge is 2.62. The van der Waals surface area contributed by atoms with E-state index in [-0.39, 0.29) is 0 Å². The molecule has 2 aliphatic heterocycles. The van der Waals surface area contributed by atoms with Gasteiger partial charge >= 0.3 is 8.40 Å². The van der Waals surface area contributed by atoms with E-state index in [1.807, 2.05) is 15.8 Å². The Kier molecular flexibility index (Phi) is 9.14. The molecule has 4 atom stereocenters. The minimum atomic E-state index is -2.74. The van der Waals surface area contributed by atoms with Crippen molar-refractivity contribution in [1.29, 1.82) is 0 Å². The fraction of sp³-hybridized carbons (Fsp3) is 0.590. The summed E-state index contributed by atoms with van der Waals surface area (Å²) < 4.78 is 9.29. The molecule has 4 aliphatic rings. The largest absolute Gasteiger partial charge is 0.350 e. The van der Waals surface area contributed by atoms with Gasteiger partial charge < -0.3 is 4.57 Å². The average molecular weight is 628 g/mol. The predicted octanol–water partition coefficient (Wildman–Crippen LogP) is 10.2. The summed E-state index contributed by atoms with van der Waals surface area (Å²) in [7, 11) is -3.25. The molecule has 2 unspecified atom stereocenters. The van der Waals surface area contributed by atoms with E-state index in [2.05, 4.69) is 132 Å². The highest BCUT2D eigenvalue weighted by Crippen LogP contribution is 2.72. The zero-order valence-corrected chi connectivity index (χ0v) is 31.2. The van der Waals surface area contributed by atoms with Crippen LogP contribution >= 0.6 is 8.07 Å². The van der Waals surface area contributed by atoms with Crippen molar-refractivity contribution in [2.24, 2.45) is 11.8 Å². The molecular weight excluding hydrogens is 570 g/mol. The molecule has 2 heterocycles. The van der Waals surface area contributed by atoms with E-state index in [0.29, 0.717) is 29.8 Å². The lowest BCUT2D eigenvalue weighted by molar-refractivity contribution is 0.293. The fourth-order valence-electron chi connectivity index (χ4n) is 9.45. The second-order valence-electron chi connectivity index (χ2n) is 14.9. The minimum absolute atomic E-state index is 0.442. The lowest BCUT2D eigenvalue weighted by Crippen LogP contribution is -2.76. The van der Waals surface area contributed by atoms with Gasteiger partial charge in [-0.05, 0) is 108 Å². The number of hydrogen-bond donors (Lipinski definition) is 0. The number of anilines is 1. The molecule has 238 valence electrons. The van der Waals surface area contributed by atoms with E-state index >= 15 is 0 Å². The molecule has 0 spiro atoms. The molecule has 0 saturated heterocycles. The highest BCUT2D eigenvalue weighted by molar-refractivity contribution is 7.64. The normalized spacial score (nSPS) is 27.8. The molecular formula is C39H58N3PSi. The third-order valence-electron chi connectivity index (χ3n) is 11.2. The first-order chi connectivity index (χ1) is 21.1. The van der Waals surface area contributed by atoms with Gasteiger partial charge in [-0.1, -0.05) is 104 Å². The first-order valence-electron chi connectivity index (χ1n) is 17.9. The highest BCUT2D eigenvalue weighted by atomic mass is 31.1. The molecule has 44 heavy (non-hydrogen) atoms. The average Bonchev–Trinajstić information content (AvgIpc) is 3.59. The van der Waals surface area contributed by atoms with Crippen LogP contribution in [0.5, 0.6) is 0 Å². The molecule has 1 fully saturated rings. The van der Waals surface area contributed by atoms with Gasteiger partial charge in [0.15, 0.2) is 0 Å². The smallest absolute Gasteiger partial charge is 0.302 e. The molecule has 5 heteroatoms. The maximum Gasteiger partial charge on any atom is 0.302 e. The minimum Gasteiger partial charge on any atom is -0.350 e. The summed E-state index contributed by atoms with van der Waals surface area (Å²) in [5.41, 5.74) is 6.45. The molecule has 2 aliphatic carbocycles. The van der Waals surface area contributed by atoms with Gasteiger partial charge in [0.05, 0.1) is 0 Å². The Bertz CT molecular complexity index is 1400. The number of rotatable bonds is 8. The van der Waals surface area contributed by atoms with Crippen LogP contribution < -0.4 is 9.75 Å². The molecule has 0 radical (unpaired) electrons. The number of allylic oxidation sites excluding steroid dienone is 4. The Morgan fingerprint density at radius 3 is 1.93 bits per heavy atom. The molecule has 2 aromatic carbocycles. The zero-order valence-electron chi connectivity index (χ0n) is 29.3. The van der Waals surface area contributed by atoms with Crippen molar-refractivity contribution in [3.8, 4) is 0 Å². The van der Waals surface area contributed by atoms with E-state index in [9.17, 15) is 0 Å². The monoisotopic (exact) mass is 627 g/mol. The molecule has 0 N–H and O–H groups in total. The fourth-order valence-corrected chi connectivity index (χ4v) is 19.7. The van der Waals surface area contributed by atoms with Crippen LogP contribution in [-0.4, -0.2) is 42.8 Å². The Balaban J connectivity index is 1.89. The number of nitrogens with zero attached hydrogens (tertiary/aromatic N) is 3. The van der Waals surface area contributed by atoms with Crippen molar-refractivity contribution in [3.63, 3.8) is 0 Å². The number of fused-ring (bicyclic) bond motifs is 7. The first-order valence-corrected chi connectivity index (χ1v) is 21.1. The number of benzene rings is 2. The van der Waals surface area contributed by atoms with Crippen molar-refractivity contribution in [2.75, 3.05) is 17.7 Å². The molecule has 2 aromatic rings. The van der Waals surface area contributed by atoms with Gasteiger partial charge in [-0.25, -0.2) is 0 Å². The Labute approximate surface area is 271 Å². The van der Waals surface area contributed by atoms with Gasteiger partial charge in [-0.2, -0.15) is 0 Å². The summed E-state index contributed by atoms with van der Waals surface area (Å²) in [6, 6.07) is 20.3. The van der Waals surface area contributed by atoms with E-state index in [4.69, 9.17) is 0 Å². The Morgan fingerprint density at radius 2 is 1.39 bits per heavy atom. The van der Waals surface area contributed by atoms with Gasteiger partial charge in [0.2, 0.25) is 0 Å². The molecule has 3 nitrogen and oxygen atoms in total. The van der Waals surface area contributed by atoms with Crippen molar-refractivity contribution >= 4 is 27.3 Å². The first kappa shape index (κ1) is 32.2. The molecule has 0 amide bonds. The van der Waals surface area contributed by atoms with Crippen molar-refractivity contribution in [3.05, 3.63) is 81.2 Å². The molecule has 1 saturated carbocycles. The van der Waals surface area contributed by atoms with E-state index in [0.717, 1.165) is 31.8 Å².